The van der Waals surface area contributed by atoms with Crippen molar-refractivity contribution in [3.63, 3.8) is 0 Å². The van der Waals surface area contributed by atoms with Crippen molar-refractivity contribution < 1.29 is 22.7 Å². The summed E-state index contributed by atoms with van der Waals surface area (Å²) >= 11 is 0. The first-order valence-corrected chi connectivity index (χ1v) is 10.4. The highest BCUT2D eigenvalue weighted by molar-refractivity contribution is 7.89. The number of rotatable bonds is 8. The maximum Gasteiger partial charge on any atom is 0.241 e. The maximum atomic E-state index is 12.5. The molecule has 0 atom stereocenters. The zero-order valence-electron chi connectivity index (χ0n) is 15.8. The Hall–Kier alpha value is -2.94. The molecule has 0 amide bonds. The van der Waals surface area contributed by atoms with E-state index in [0.29, 0.717) is 5.56 Å². The van der Waals surface area contributed by atoms with Crippen molar-refractivity contribution >= 4 is 10.0 Å². The van der Waals surface area contributed by atoms with Crippen molar-refractivity contribution in [1.82, 2.24) is 4.72 Å². The van der Waals surface area contributed by atoms with Gasteiger partial charge in [-0.25, -0.2) is 13.1 Å². The zero-order chi connectivity index (χ0) is 20.9. The largest absolute Gasteiger partial charge is 0.482 e. The summed E-state index contributed by atoms with van der Waals surface area (Å²) in [5.74, 6) is -0.0799. The summed E-state index contributed by atoms with van der Waals surface area (Å²) in [6.45, 7) is 1.03. The highest BCUT2D eigenvalue weighted by Gasteiger charge is 2.18. The van der Waals surface area contributed by atoms with Gasteiger partial charge in [0.1, 0.15) is 19.0 Å². The van der Waals surface area contributed by atoms with Crippen molar-refractivity contribution in [3.8, 4) is 5.75 Å². The first kappa shape index (κ1) is 20.8. The second-order valence-corrected chi connectivity index (χ2v) is 8.09. The lowest BCUT2D eigenvalue weighted by Crippen LogP contribution is -2.25. The van der Waals surface area contributed by atoms with Gasteiger partial charge in [0.25, 0.3) is 0 Å². The van der Waals surface area contributed by atoms with Gasteiger partial charge in [-0.3, -0.25) is 4.79 Å². The van der Waals surface area contributed by atoms with Gasteiger partial charge in [-0.05, 0) is 24.1 Å². The molecular formula is C21H21NO6S. The van der Waals surface area contributed by atoms with Crippen LogP contribution in [0.15, 0.2) is 74.8 Å². The summed E-state index contributed by atoms with van der Waals surface area (Å²) in [7, 11) is -3.78. The monoisotopic (exact) mass is 415 g/mol. The molecule has 0 aliphatic rings. The van der Waals surface area contributed by atoms with Gasteiger partial charge in [0, 0.05) is 6.07 Å². The Bertz CT molecular complexity index is 1140. The van der Waals surface area contributed by atoms with Crippen LogP contribution in [0.3, 0.4) is 0 Å². The van der Waals surface area contributed by atoms with E-state index in [4.69, 9.17) is 9.15 Å². The van der Waals surface area contributed by atoms with Gasteiger partial charge in [-0.2, -0.15) is 0 Å². The summed E-state index contributed by atoms with van der Waals surface area (Å²) in [6.07, 6.45) is 0. The van der Waals surface area contributed by atoms with Gasteiger partial charge in [-0.15, -0.1) is 0 Å². The van der Waals surface area contributed by atoms with E-state index in [9.17, 15) is 18.3 Å². The van der Waals surface area contributed by atoms with Gasteiger partial charge in [0.15, 0.2) is 5.76 Å². The minimum atomic E-state index is -3.78. The Morgan fingerprint density at radius 2 is 1.76 bits per heavy atom. The summed E-state index contributed by atoms with van der Waals surface area (Å²) in [4.78, 5) is 12.6. The lowest BCUT2D eigenvalue weighted by atomic mass is 10.2. The number of aliphatic hydroxyl groups is 1. The molecule has 2 aromatic carbocycles. The van der Waals surface area contributed by atoms with Gasteiger partial charge < -0.3 is 14.3 Å². The fraction of sp³-hybridized carbons (Fsp3) is 0.190. The number of hydrogen-bond donors (Lipinski definition) is 2. The first-order chi connectivity index (χ1) is 13.9. The molecule has 1 aromatic heterocycles. The summed E-state index contributed by atoms with van der Waals surface area (Å²) in [6, 6.07) is 17.0. The summed E-state index contributed by atoms with van der Waals surface area (Å²) < 4.78 is 38.4. The normalized spacial score (nSPS) is 11.4. The number of ether oxygens (including phenoxy) is 1. The molecule has 2 N–H and O–H groups in total. The molecule has 3 rings (SSSR count). The number of sulfonamides is 1. The molecule has 0 bridgehead atoms. The molecule has 0 saturated heterocycles. The molecule has 0 radical (unpaired) electrons. The van der Waals surface area contributed by atoms with E-state index in [0.717, 1.165) is 11.6 Å². The quantitative estimate of drug-likeness (QED) is 0.586. The van der Waals surface area contributed by atoms with Crippen LogP contribution in [0, 0.1) is 6.92 Å². The molecule has 29 heavy (non-hydrogen) atoms. The van der Waals surface area contributed by atoms with E-state index in [1.54, 1.807) is 25.1 Å². The fourth-order valence-electron chi connectivity index (χ4n) is 2.76. The molecule has 8 heteroatoms. The number of benzene rings is 2. The van der Waals surface area contributed by atoms with E-state index in [2.05, 4.69) is 4.72 Å². The maximum absolute atomic E-state index is 12.5. The van der Waals surface area contributed by atoms with E-state index >= 15 is 0 Å². The molecule has 7 nitrogen and oxygen atoms in total. The number of aliphatic hydroxyl groups excluding tert-OH is 1. The SMILES string of the molecule is Cc1ccccc1S(=O)(=O)NCc1cc(=O)c(OCc2ccccc2)c(CO)o1. The lowest BCUT2D eigenvalue weighted by molar-refractivity contribution is 0.213. The van der Waals surface area contributed by atoms with Crippen molar-refractivity contribution in [1.29, 1.82) is 0 Å². The average molecular weight is 415 g/mol. The standard InChI is InChI=1S/C21H21NO6S/c1-15-7-5-6-10-20(15)29(25,26)22-12-17-11-18(24)21(19(13-23)28-17)27-14-16-8-3-2-4-9-16/h2-11,22-23H,12-14H2,1H3. The summed E-state index contributed by atoms with van der Waals surface area (Å²) in [5, 5.41) is 9.56. The van der Waals surface area contributed by atoms with Crippen molar-refractivity contribution in [3.05, 3.63) is 93.5 Å². The molecule has 0 aliphatic carbocycles. The Balaban J connectivity index is 1.76. The van der Waals surface area contributed by atoms with Gasteiger partial charge in [0.05, 0.1) is 11.4 Å². The van der Waals surface area contributed by atoms with Crippen LogP contribution in [0.2, 0.25) is 0 Å². The molecule has 0 saturated carbocycles. The minimum absolute atomic E-state index is 0.0569. The van der Waals surface area contributed by atoms with Crippen LogP contribution in [-0.4, -0.2) is 13.5 Å². The lowest BCUT2D eigenvalue weighted by Gasteiger charge is -2.12. The second kappa shape index (κ2) is 9.04. The molecule has 0 aliphatic heterocycles. The Labute approximate surface area is 168 Å². The van der Waals surface area contributed by atoms with E-state index in [-0.39, 0.29) is 35.3 Å². The highest BCUT2D eigenvalue weighted by atomic mass is 32.2. The van der Waals surface area contributed by atoms with Crippen molar-refractivity contribution in [2.24, 2.45) is 0 Å². The molecule has 1 heterocycles. The number of aryl methyl sites for hydroxylation is 1. The van der Waals surface area contributed by atoms with Crippen LogP contribution >= 0.6 is 0 Å². The Kier molecular flexibility index (Phi) is 6.48. The number of nitrogens with one attached hydrogen (secondary N) is 1. The molecular weight excluding hydrogens is 394 g/mol. The van der Waals surface area contributed by atoms with Crippen LogP contribution in [0.4, 0.5) is 0 Å². The smallest absolute Gasteiger partial charge is 0.241 e. The average Bonchev–Trinajstić information content (AvgIpc) is 2.72. The predicted molar refractivity (Wildman–Crippen MR) is 107 cm³/mol. The van der Waals surface area contributed by atoms with Crippen LogP contribution in [0.25, 0.3) is 0 Å². The third-order valence-corrected chi connectivity index (χ3v) is 5.77. The van der Waals surface area contributed by atoms with E-state index in [1.807, 2.05) is 30.3 Å². The van der Waals surface area contributed by atoms with Crippen LogP contribution < -0.4 is 14.9 Å². The Morgan fingerprint density at radius 1 is 1.07 bits per heavy atom. The Morgan fingerprint density at radius 3 is 2.45 bits per heavy atom. The van der Waals surface area contributed by atoms with Crippen LogP contribution in [-0.2, 0) is 29.8 Å². The molecule has 0 fully saturated rings. The third kappa shape index (κ3) is 5.11. The van der Waals surface area contributed by atoms with Gasteiger partial charge >= 0.3 is 0 Å². The first-order valence-electron chi connectivity index (χ1n) is 8.89. The van der Waals surface area contributed by atoms with Crippen molar-refractivity contribution in [2.75, 3.05) is 0 Å². The summed E-state index contributed by atoms with van der Waals surface area (Å²) in [5.41, 5.74) is 0.953. The topological polar surface area (TPSA) is 106 Å². The van der Waals surface area contributed by atoms with Crippen LogP contribution in [0.5, 0.6) is 5.75 Å². The zero-order valence-corrected chi connectivity index (χ0v) is 16.6. The van der Waals surface area contributed by atoms with E-state index < -0.39 is 22.1 Å². The highest BCUT2D eigenvalue weighted by Crippen LogP contribution is 2.18. The van der Waals surface area contributed by atoms with Gasteiger partial charge in [0.2, 0.25) is 21.2 Å². The molecule has 0 spiro atoms. The fourth-order valence-corrected chi connectivity index (χ4v) is 4.00. The molecule has 0 unspecified atom stereocenters. The third-order valence-electron chi connectivity index (χ3n) is 4.21. The molecule has 152 valence electrons. The second-order valence-electron chi connectivity index (χ2n) is 6.35. The number of hydrogen-bond acceptors (Lipinski definition) is 6. The van der Waals surface area contributed by atoms with Crippen molar-refractivity contribution in [2.45, 2.75) is 31.6 Å². The predicted octanol–water partition coefficient (Wildman–Crippen LogP) is 2.50. The minimum Gasteiger partial charge on any atom is -0.482 e. The van der Waals surface area contributed by atoms with E-state index in [1.165, 1.54) is 6.07 Å². The van der Waals surface area contributed by atoms with Gasteiger partial charge in [-0.1, -0.05) is 48.5 Å². The molecule has 3 aromatic rings. The van der Waals surface area contributed by atoms with Crippen LogP contribution in [0.1, 0.15) is 22.6 Å².